The van der Waals surface area contributed by atoms with E-state index in [4.69, 9.17) is 0 Å². The molecule has 1 aliphatic rings. The minimum Gasteiger partial charge on any atom is -0.396 e. The van der Waals surface area contributed by atoms with E-state index in [-0.39, 0.29) is 24.2 Å². The molecule has 0 aliphatic heterocycles. The number of ketones is 1. The molecule has 0 aromatic carbocycles. The van der Waals surface area contributed by atoms with Crippen LogP contribution in [-0.4, -0.2) is 28.7 Å². The average molecular weight is 242 g/mol. The van der Waals surface area contributed by atoms with Crippen molar-refractivity contribution in [2.24, 2.45) is 11.8 Å². The molecule has 1 saturated carbocycles. The van der Waals surface area contributed by atoms with E-state index < -0.39 is 6.10 Å². The lowest BCUT2D eigenvalue weighted by atomic mass is 9.84. The van der Waals surface area contributed by atoms with Crippen molar-refractivity contribution in [1.82, 2.24) is 0 Å². The lowest BCUT2D eigenvalue weighted by molar-refractivity contribution is -0.121. The lowest BCUT2D eigenvalue weighted by Gasteiger charge is -2.26. The molecule has 1 fully saturated rings. The molecular formula is C14H26O3. The molecule has 0 radical (unpaired) electrons. The molecule has 1 rings (SSSR count). The summed E-state index contributed by atoms with van der Waals surface area (Å²) in [5.74, 6) is 0.171. The molecule has 3 nitrogen and oxygen atoms in total. The highest BCUT2D eigenvalue weighted by Gasteiger charge is 2.25. The maximum Gasteiger partial charge on any atom is 0.133 e. The second-order valence-corrected chi connectivity index (χ2v) is 5.46. The minimum atomic E-state index is -0.539. The molecule has 2 N–H and O–H groups in total. The Morgan fingerprint density at radius 1 is 1.18 bits per heavy atom. The Hall–Kier alpha value is -0.410. The zero-order valence-electron chi connectivity index (χ0n) is 10.9. The van der Waals surface area contributed by atoms with Crippen molar-refractivity contribution < 1.29 is 15.0 Å². The van der Waals surface area contributed by atoms with Crippen molar-refractivity contribution in [2.45, 2.75) is 64.4 Å². The number of carbonyl (C=O) groups excluding carboxylic acids is 1. The summed E-state index contributed by atoms with van der Waals surface area (Å²) in [6, 6.07) is 0. The average Bonchev–Trinajstić information content (AvgIpc) is 2.30. The fourth-order valence-corrected chi connectivity index (χ4v) is 2.68. The molecule has 0 aromatic rings. The number of aliphatic hydroxyl groups excluding tert-OH is 2. The van der Waals surface area contributed by atoms with E-state index in [9.17, 15) is 15.0 Å². The van der Waals surface area contributed by atoms with Crippen molar-refractivity contribution in [3.05, 3.63) is 0 Å². The van der Waals surface area contributed by atoms with Crippen LogP contribution >= 0.6 is 0 Å². The van der Waals surface area contributed by atoms with Gasteiger partial charge in [-0.25, -0.2) is 0 Å². The molecule has 0 spiro atoms. The van der Waals surface area contributed by atoms with Crippen molar-refractivity contribution in [3.63, 3.8) is 0 Å². The Bertz CT molecular complexity index is 228. The first-order valence-electron chi connectivity index (χ1n) is 6.95. The highest BCUT2D eigenvalue weighted by Crippen LogP contribution is 2.24. The highest BCUT2D eigenvalue weighted by molar-refractivity contribution is 5.78. The first-order valence-corrected chi connectivity index (χ1v) is 6.95. The van der Waals surface area contributed by atoms with Gasteiger partial charge in [0.1, 0.15) is 5.78 Å². The third-order valence-electron chi connectivity index (χ3n) is 3.88. The number of Topliss-reactive ketones (excluding diaryl/α,β-unsaturated/α-hetero) is 1. The van der Waals surface area contributed by atoms with Gasteiger partial charge in [-0.2, -0.15) is 0 Å². The van der Waals surface area contributed by atoms with Gasteiger partial charge in [-0.05, 0) is 18.8 Å². The number of rotatable bonds is 1. The van der Waals surface area contributed by atoms with Gasteiger partial charge in [0.05, 0.1) is 6.10 Å². The monoisotopic (exact) mass is 242 g/mol. The third-order valence-corrected chi connectivity index (χ3v) is 3.88. The molecule has 0 saturated heterocycles. The summed E-state index contributed by atoms with van der Waals surface area (Å²) >= 11 is 0. The van der Waals surface area contributed by atoms with E-state index in [1.165, 1.54) is 0 Å². The Morgan fingerprint density at radius 2 is 1.82 bits per heavy atom. The number of hydrogen-bond acceptors (Lipinski definition) is 3. The second kappa shape index (κ2) is 7.83. The first-order chi connectivity index (χ1) is 8.15. The molecule has 3 heteroatoms. The standard InChI is InChI=1S/C14H26O3/c1-11-9-13(16)8-6-4-2-3-5-7-12(10-15)14(11)17/h11-12,14-15,17H,2-10H2,1H3/t11-,12-,14+/m1/s1. The van der Waals surface area contributed by atoms with Crippen LogP contribution in [-0.2, 0) is 4.79 Å². The van der Waals surface area contributed by atoms with Gasteiger partial charge in [0.25, 0.3) is 0 Å². The largest absolute Gasteiger partial charge is 0.396 e. The molecule has 100 valence electrons. The van der Waals surface area contributed by atoms with Crippen molar-refractivity contribution in [2.75, 3.05) is 6.61 Å². The number of carbonyl (C=O) groups is 1. The summed E-state index contributed by atoms with van der Waals surface area (Å²) < 4.78 is 0. The van der Waals surface area contributed by atoms with Crippen LogP contribution in [0.5, 0.6) is 0 Å². The van der Waals surface area contributed by atoms with E-state index in [1.807, 2.05) is 6.92 Å². The summed E-state index contributed by atoms with van der Waals surface area (Å²) in [6.45, 7) is 1.94. The molecule has 1 aliphatic carbocycles. The zero-order chi connectivity index (χ0) is 12.7. The van der Waals surface area contributed by atoms with Gasteiger partial charge < -0.3 is 10.2 Å². The van der Waals surface area contributed by atoms with Crippen LogP contribution in [0, 0.1) is 11.8 Å². The Labute approximate surface area is 104 Å². The van der Waals surface area contributed by atoms with Crippen LogP contribution in [0.1, 0.15) is 58.3 Å². The predicted molar refractivity (Wildman–Crippen MR) is 67.7 cm³/mol. The van der Waals surface area contributed by atoms with Gasteiger partial charge in [-0.1, -0.05) is 32.6 Å². The normalized spacial score (nSPS) is 33.8. The molecular weight excluding hydrogens is 216 g/mol. The molecule has 3 atom stereocenters. The van der Waals surface area contributed by atoms with Crippen molar-refractivity contribution >= 4 is 5.78 Å². The third kappa shape index (κ3) is 5.17. The maximum absolute atomic E-state index is 11.7. The maximum atomic E-state index is 11.7. The van der Waals surface area contributed by atoms with Gasteiger partial charge in [0, 0.05) is 25.4 Å². The number of hydrogen-bond donors (Lipinski definition) is 2. The van der Waals surface area contributed by atoms with E-state index >= 15 is 0 Å². The van der Waals surface area contributed by atoms with Gasteiger partial charge in [-0.15, -0.1) is 0 Å². The molecule has 17 heavy (non-hydrogen) atoms. The summed E-state index contributed by atoms with van der Waals surface area (Å²) in [4.78, 5) is 11.7. The summed E-state index contributed by atoms with van der Waals surface area (Å²) in [7, 11) is 0. The molecule has 0 heterocycles. The predicted octanol–water partition coefficient (Wildman–Crippen LogP) is 2.30. The van der Waals surface area contributed by atoms with Crippen molar-refractivity contribution in [3.8, 4) is 0 Å². The Morgan fingerprint density at radius 3 is 2.53 bits per heavy atom. The fraction of sp³-hybridized carbons (Fsp3) is 0.929. The second-order valence-electron chi connectivity index (χ2n) is 5.46. The first kappa shape index (κ1) is 14.7. The summed E-state index contributed by atoms with van der Waals surface area (Å²) in [5.41, 5.74) is 0. The van der Waals surface area contributed by atoms with Crippen LogP contribution < -0.4 is 0 Å². The lowest BCUT2D eigenvalue weighted by Crippen LogP contribution is -2.31. The summed E-state index contributed by atoms with van der Waals surface area (Å²) in [5, 5.41) is 19.4. The van der Waals surface area contributed by atoms with Crippen LogP contribution in [0.3, 0.4) is 0 Å². The smallest absolute Gasteiger partial charge is 0.133 e. The Kier molecular flexibility index (Phi) is 6.75. The topological polar surface area (TPSA) is 57.5 Å². The molecule has 0 bridgehead atoms. The van der Waals surface area contributed by atoms with E-state index in [0.29, 0.717) is 12.8 Å². The molecule has 0 amide bonds. The minimum absolute atomic E-state index is 0.0275. The SMILES string of the molecule is C[C@@H]1CC(=O)CCCCCCC[C@H](CO)[C@H]1O. The zero-order valence-corrected chi connectivity index (χ0v) is 10.9. The van der Waals surface area contributed by atoms with Crippen molar-refractivity contribution in [1.29, 1.82) is 0 Å². The summed E-state index contributed by atoms with van der Waals surface area (Å²) in [6.07, 6.45) is 6.95. The fourth-order valence-electron chi connectivity index (χ4n) is 2.68. The van der Waals surface area contributed by atoms with Gasteiger partial charge >= 0.3 is 0 Å². The van der Waals surface area contributed by atoms with Crippen LogP contribution in [0.4, 0.5) is 0 Å². The van der Waals surface area contributed by atoms with Crippen LogP contribution in [0.25, 0.3) is 0 Å². The van der Waals surface area contributed by atoms with Gasteiger partial charge in [0.15, 0.2) is 0 Å². The molecule has 0 aromatic heterocycles. The quantitative estimate of drug-likeness (QED) is 0.741. The van der Waals surface area contributed by atoms with Crippen LogP contribution in [0.2, 0.25) is 0 Å². The van der Waals surface area contributed by atoms with Gasteiger partial charge in [0.2, 0.25) is 0 Å². The Balaban J connectivity index is 2.56. The molecule has 0 unspecified atom stereocenters. The van der Waals surface area contributed by atoms with E-state index in [0.717, 1.165) is 38.5 Å². The van der Waals surface area contributed by atoms with E-state index in [1.54, 1.807) is 0 Å². The van der Waals surface area contributed by atoms with Crippen LogP contribution in [0.15, 0.2) is 0 Å². The highest BCUT2D eigenvalue weighted by atomic mass is 16.3. The van der Waals surface area contributed by atoms with Gasteiger partial charge in [-0.3, -0.25) is 4.79 Å². The van der Waals surface area contributed by atoms with E-state index in [2.05, 4.69) is 0 Å². The number of aliphatic hydroxyl groups is 2.